The summed E-state index contributed by atoms with van der Waals surface area (Å²) in [5.74, 6) is 1.22. The van der Waals surface area contributed by atoms with Crippen LogP contribution in [0.5, 0.6) is 0 Å². The number of aromatic amines is 1. The lowest BCUT2D eigenvalue weighted by Crippen LogP contribution is -2.13. The number of anilines is 2. The minimum atomic E-state index is -0.481. The fraction of sp³-hybridized carbons (Fsp3) is 0.312. The first kappa shape index (κ1) is 15.4. The predicted octanol–water partition coefficient (Wildman–Crippen LogP) is 2.43. The maximum Gasteiger partial charge on any atom is 0.225 e. The molecule has 1 saturated carbocycles. The molecule has 0 radical (unpaired) electrons. The molecule has 128 valence electrons. The highest BCUT2D eigenvalue weighted by Crippen LogP contribution is 2.40. The van der Waals surface area contributed by atoms with Crippen molar-refractivity contribution in [1.29, 1.82) is 0 Å². The molecule has 3 heterocycles. The Bertz CT molecular complexity index is 887. The van der Waals surface area contributed by atoms with Gasteiger partial charge in [0.25, 0.3) is 0 Å². The Labute approximate surface area is 143 Å². The van der Waals surface area contributed by atoms with Crippen LogP contribution < -0.4 is 11.1 Å². The molecule has 0 aliphatic heterocycles. The van der Waals surface area contributed by atoms with Gasteiger partial charge in [0.1, 0.15) is 11.6 Å². The van der Waals surface area contributed by atoms with Crippen molar-refractivity contribution >= 4 is 11.8 Å². The highest BCUT2D eigenvalue weighted by Gasteiger charge is 2.26. The molecule has 0 aromatic carbocycles. The molecular formula is C16H17FN8. The summed E-state index contributed by atoms with van der Waals surface area (Å²) in [6.07, 6.45) is 6.26. The topological polar surface area (TPSA) is 118 Å². The van der Waals surface area contributed by atoms with Crippen molar-refractivity contribution in [2.75, 3.05) is 11.1 Å². The van der Waals surface area contributed by atoms with Crippen LogP contribution in [0.2, 0.25) is 0 Å². The van der Waals surface area contributed by atoms with E-state index in [1.54, 1.807) is 6.20 Å². The van der Waals surface area contributed by atoms with Gasteiger partial charge in [0, 0.05) is 17.8 Å². The number of nitrogens with zero attached hydrogens (tertiary/aromatic N) is 5. The molecule has 4 N–H and O–H groups in total. The van der Waals surface area contributed by atoms with Gasteiger partial charge in [-0.3, -0.25) is 5.10 Å². The van der Waals surface area contributed by atoms with Crippen molar-refractivity contribution < 1.29 is 4.39 Å². The first-order chi connectivity index (χ1) is 12.1. The molecule has 9 heteroatoms. The number of hydrogen-bond acceptors (Lipinski definition) is 7. The summed E-state index contributed by atoms with van der Waals surface area (Å²) < 4.78 is 12.9. The highest BCUT2D eigenvalue weighted by molar-refractivity contribution is 5.71. The van der Waals surface area contributed by atoms with E-state index in [-0.39, 0.29) is 6.04 Å². The van der Waals surface area contributed by atoms with Crippen molar-refractivity contribution in [3.8, 4) is 11.3 Å². The van der Waals surface area contributed by atoms with E-state index < -0.39 is 5.82 Å². The Morgan fingerprint density at radius 1 is 1.24 bits per heavy atom. The number of hydrogen-bond donors (Lipinski definition) is 3. The maximum atomic E-state index is 12.9. The normalized spacial score (nSPS) is 15.1. The minimum Gasteiger partial charge on any atom is -0.383 e. The van der Waals surface area contributed by atoms with Gasteiger partial charge in [-0.1, -0.05) is 0 Å². The van der Waals surface area contributed by atoms with E-state index in [0.717, 1.165) is 23.8 Å². The average Bonchev–Trinajstić information content (AvgIpc) is 3.33. The van der Waals surface area contributed by atoms with Crippen LogP contribution in [0, 0.1) is 5.82 Å². The van der Waals surface area contributed by atoms with E-state index in [1.807, 2.05) is 13.0 Å². The Kier molecular flexibility index (Phi) is 3.75. The standard InChI is InChI=1S/C16H17FN8/c1-8(15-19-5-10(17)6-20-15)22-16-21-7-11(14(18)23-16)13-4-12(24-25-13)9-2-3-9/h4-9H,2-3H2,1H3,(H,24,25)(H3,18,21,22,23)/t8-/m0/s1. The molecule has 0 spiro atoms. The SMILES string of the molecule is C[C@H](Nc1ncc(-c2cc(C3CC3)[nH]n2)c(N)n1)c1ncc(F)cn1. The second kappa shape index (κ2) is 6.08. The zero-order valence-corrected chi connectivity index (χ0v) is 13.6. The molecule has 3 aromatic heterocycles. The lowest BCUT2D eigenvalue weighted by atomic mass is 10.2. The van der Waals surface area contributed by atoms with Crippen LogP contribution in [0.1, 0.15) is 43.2 Å². The number of halogens is 1. The van der Waals surface area contributed by atoms with Crippen LogP contribution in [0.4, 0.5) is 16.2 Å². The molecule has 1 aliphatic rings. The number of nitrogen functional groups attached to an aromatic ring is 1. The summed E-state index contributed by atoms with van der Waals surface area (Å²) in [6.45, 7) is 1.83. The summed E-state index contributed by atoms with van der Waals surface area (Å²) in [4.78, 5) is 16.4. The molecule has 1 fully saturated rings. The number of H-pyrrole nitrogens is 1. The first-order valence-corrected chi connectivity index (χ1v) is 8.02. The molecule has 1 aliphatic carbocycles. The molecule has 0 saturated heterocycles. The Hall–Kier alpha value is -3.10. The van der Waals surface area contributed by atoms with Gasteiger partial charge in [-0.15, -0.1) is 0 Å². The van der Waals surface area contributed by atoms with E-state index in [2.05, 4.69) is 35.5 Å². The number of rotatable bonds is 5. The quantitative estimate of drug-likeness (QED) is 0.652. The average molecular weight is 340 g/mol. The van der Waals surface area contributed by atoms with Gasteiger partial charge in [0.15, 0.2) is 5.82 Å². The molecule has 0 amide bonds. The lowest BCUT2D eigenvalue weighted by molar-refractivity contribution is 0.604. The summed E-state index contributed by atoms with van der Waals surface area (Å²) >= 11 is 0. The van der Waals surface area contributed by atoms with Gasteiger partial charge in [-0.2, -0.15) is 10.1 Å². The largest absolute Gasteiger partial charge is 0.383 e. The summed E-state index contributed by atoms with van der Waals surface area (Å²) in [5.41, 5.74) is 8.60. The maximum absolute atomic E-state index is 12.9. The van der Waals surface area contributed by atoms with Crippen molar-refractivity contribution in [1.82, 2.24) is 30.1 Å². The van der Waals surface area contributed by atoms with Crippen LogP contribution in [-0.2, 0) is 0 Å². The molecular weight excluding hydrogens is 323 g/mol. The lowest BCUT2D eigenvalue weighted by Gasteiger charge is -2.13. The zero-order chi connectivity index (χ0) is 17.4. The third-order valence-electron chi connectivity index (χ3n) is 4.08. The Balaban J connectivity index is 1.51. The predicted molar refractivity (Wildman–Crippen MR) is 90.0 cm³/mol. The van der Waals surface area contributed by atoms with Crippen molar-refractivity contribution in [3.63, 3.8) is 0 Å². The fourth-order valence-corrected chi connectivity index (χ4v) is 2.54. The fourth-order valence-electron chi connectivity index (χ4n) is 2.54. The summed E-state index contributed by atoms with van der Waals surface area (Å²) in [5, 5.41) is 10.4. The first-order valence-electron chi connectivity index (χ1n) is 8.02. The van der Waals surface area contributed by atoms with E-state index in [0.29, 0.717) is 29.1 Å². The molecule has 4 rings (SSSR count). The summed E-state index contributed by atoms with van der Waals surface area (Å²) in [7, 11) is 0. The van der Waals surface area contributed by atoms with Crippen molar-refractivity contribution in [2.45, 2.75) is 31.7 Å². The van der Waals surface area contributed by atoms with Gasteiger partial charge in [0.05, 0.1) is 29.7 Å². The van der Waals surface area contributed by atoms with Gasteiger partial charge in [-0.25, -0.2) is 19.3 Å². The smallest absolute Gasteiger partial charge is 0.225 e. The van der Waals surface area contributed by atoms with E-state index >= 15 is 0 Å². The molecule has 1 atom stereocenters. The van der Waals surface area contributed by atoms with E-state index in [9.17, 15) is 4.39 Å². The third-order valence-corrected chi connectivity index (χ3v) is 4.08. The monoisotopic (exact) mass is 340 g/mol. The van der Waals surface area contributed by atoms with E-state index in [4.69, 9.17) is 5.73 Å². The highest BCUT2D eigenvalue weighted by atomic mass is 19.1. The molecule has 0 unspecified atom stereocenters. The van der Waals surface area contributed by atoms with E-state index in [1.165, 1.54) is 12.8 Å². The Morgan fingerprint density at radius 3 is 2.68 bits per heavy atom. The number of aromatic nitrogens is 6. The van der Waals surface area contributed by atoms with Crippen LogP contribution in [0.3, 0.4) is 0 Å². The van der Waals surface area contributed by atoms with Gasteiger partial charge < -0.3 is 11.1 Å². The van der Waals surface area contributed by atoms with Crippen molar-refractivity contribution in [3.05, 3.63) is 42.0 Å². The minimum absolute atomic E-state index is 0.294. The molecule has 25 heavy (non-hydrogen) atoms. The van der Waals surface area contributed by atoms with Gasteiger partial charge >= 0.3 is 0 Å². The second-order valence-electron chi connectivity index (χ2n) is 6.10. The third kappa shape index (κ3) is 3.25. The van der Waals surface area contributed by atoms with Gasteiger partial charge in [-0.05, 0) is 25.8 Å². The van der Waals surface area contributed by atoms with Crippen molar-refractivity contribution in [2.24, 2.45) is 0 Å². The zero-order valence-electron chi connectivity index (χ0n) is 13.6. The van der Waals surface area contributed by atoms with Gasteiger partial charge in [0.2, 0.25) is 5.95 Å². The molecule has 0 bridgehead atoms. The van der Waals surface area contributed by atoms with Crippen LogP contribution in [0.15, 0.2) is 24.7 Å². The van der Waals surface area contributed by atoms with Crippen LogP contribution in [0.25, 0.3) is 11.3 Å². The molecule has 8 nitrogen and oxygen atoms in total. The summed E-state index contributed by atoms with van der Waals surface area (Å²) in [6, 6.07) is 1.70. The second-order valence-corrected chi connectivity index (χ2v) is 6.10. The number of nitrogens with one attached hydrogen (secondary N) is 2. The number of nitrogens with two attached hydrogens (primary N) is 1. The molecule has 3 aromatic rings. The Morgan fingerprint density at radius 2 is 2.00 bits per heavy atom. The van der Waals surface area contributed by atoms with Crippen LogP contribution >= 0.6 is 0 Å². The van der Waals surface area contributed by atoms with Crippen LogP contribution in [-0.4, -0.2) is 30.1 Å².